The molecule has 7 nitrogen and oxygen atoms in total. The molecular formula is C79H176N6O. The third kappa shape index (κ3) is 48.5. The van der Waals surface area contributed by atoms with Gasteiger partial charge in [-0.2, -0.15) is 0 Å². The molecular weight excluding hydrogens is 1050 g/mol. The van der Waals surface area contributed by atoms with Crippen molar-refractivity contribution in [2.24, 2.45) is 82.3 Å². The van der Waals surface area contributed by atoms with E-state index in [1.165, 1.54) is 226 Å². The van der Waals surface area contributed by atoms with E-state index in [1.807, 2.05) is 0 Å². The zero-order valence-electron chi connectivity index (χ0n) is 55.7. The number of fused-ring (bicyclic) bond motifs is 6. The van der Waals surface area contributed by atoms with E-state index in [1.54, 1.807) is 0 Å². The zero-order chi connectivity index (χ0) is 57.1. The van der Waals surface area contributed by atoms with Gasteiger partial charge in [0.2, 0.25) is 0 Å². The van der Waals surface area contributed by atoms with Crippen LogP contribution in [0.3, 0.4) is 0 Å². The first-order valence-electron chi connectivity index (χ1n) is 35.2. The SMILES string of the molecule is C.C.C.C.C.C.C.C.CC12CCN(CC1)CC2.CC1CCC(C)C1.CC1CCC(C)C1.CC1CCC(C)CC1.CC1CCC(C)CC1.CC1CCCC(C)C1.CC1CCCCN1.CC1CN2CCC1CC2.CC1CNCCNC1.CC1CNCCO1. The monoisotopic (exact) mass is 1230 g/mol. The Morgan fingerprint density at radius 2 is 0.698 bits per heavy atom. The summed E-state index contributed by atoms with van der Waals surface area (Å²) in [5.74, 6) is 13.1. The quantitative estimate of drug-likeness (QED) is 0.193. The summed E-state index contributed by atoms with van der Waals surface area (Å²) in [6, 6.07) is 0.786. The van der Waals surface area contributed by atoms with E-state index in [0.29, 0.717) is 6.10 Å². The second kappa shape index (κ2) is 57.4. The Morgan fingerprint density at radius 1 is 0.337 bits per heavy atom. The molecule has 7 heteroatoms. The fourth-order valence-electron chi connectivity index (χ4n) is 14.5. The lowest BCUT2D eigenvalue weighted by molar-refractivity contribution is 0.0405. The van der Waals surface area contributed by atoms with Crippen LogP contribution in [0.2, 0.25) is 0 Å². The molecule has 0 spiro atoms. The Kier molecular flexibility index (Phi) is 64.6. The third-order valence-corrected chi connectivity index (χ3v) is 20.9. The van der Waals surface area contributed by atoms with Crippen molar-refractivity contribution in [3.8, 4) is 0 Å². The minimum absolute atomic E-state index is 0. The Hall–Kier alpha value is -0.280. The van der Waals surface area contributed by atoms with Gasteiger partial charge in [0.05, 0.1) is 12.7 Å². The molecule has 0 radical (unpaired) electrons. The number of morpholine rings is 1. The van der Waals surface area contributed by atoms with Crippen LogP contribution in [0, 0.1) is 82.3 Å². The van der Waals surface area contributed by atoms with Crippen molar-refractivity contribution >= 4 is 0 Å². The van der Waals surface area contributed by atoms with Gasteiger partial charge in [0.1, 0.15) is 0 Å². The van der Waals surface area contributed by atoms with Gasteiger partial charge < -0.3 is 35.8 Å². The fraction of sp³-hybridized carbons (Fsp3) is 1.00. The molecule has 9 atom stereocenters. The van der Waals surface area contributed by atoms with Crippen molar-refractivity contribution in [1.82, 2.24) is 31.1 Å². The summed E-state index contributed by atoms with van der Waals surface area (Å²) in [4.78, 5) is 5.19. The molecule has 9 saturated heterocycles. The zero-order valence-corrected chi connectivity index (χ0v) is 55.7. The topological polar surface area (TPSA) is 63.8 Å². The van der Waals surface area contributed by atoms with Crippen molar-refractivity contribution in [3.63, 3.8) is 0 Å². The van der Waals surface area contributed by atoms with E-state index in [9.17, 15) is 0 Å². The minimum atomic E-state index is 0. The van der Waals surface area contributed by atoms with Gasteiger partial charge in [0.15, 0.2) is 0 Å². The van der Waals surface area contributed by atoms with Crippen molar-refractivity contribution in [2.75, 3.05) is 91.7 Å². The highest BCUT2D eigenvalue weighted by Crippen LogP contribution is 2.39. The van der Waals surface area contributed by atoms with E-state index in [2.05, 4.69) is 135 Å². The second-order valence-corrected chi connectivity index (χ2v) is 30.4. The molecule has 14 aliphatic rings. The van der Waals surface area contributed by atoms with E-state index < -0.39 is 0 Å². The predicted molar refractivity (Wildman–Crippen MR) is 400 cm³/mol. The number of rotatable bonds is 0. The summed E-state index contributed by atoms with van der Waals surface area (Å²) in [6.45, 7) is 52.1. The summed E-state index contributed by atoms with van der Waals surface area (Å²) >= 11 is 0. The Labute approximate surface area is 549 Å². The molecule has 9 unspecified atom stereocenters. The number of ether oxygens (including phenoxy) is 1. The van der Waals surface area contributed by atoms with Gasteiger partial charge in [-0.3, -0.25) is 0 Å². The Bertz CT molecular complexity index is 1230. The van der Waals surface area contributed by atoms with Crippen LogP contribution < -0.4 is 21.3 Å². The molecule has 5 aliphatic carbocycles. The van der Waals surface area contributed by atoms with Crippen LogP contribution in [0.25, 0.3) is 0 Å². The first kappa shape index (κ1) is 96.8. The summed E-state index contributed by atoms with van der Waals surface area (Å²) in [7, 11) is 0. The first-order chi connectivity index (χ1) is 37.3. The number of nitrogens with one attached hydrogen (secondary N) is 4. The van der Waals surface area contributed by atoms with Gasteiger partial charge in [0.25, 0.3) is 0 Å². The number of hydrogen-bond acceptors (Lipinski definition) is 7. The van der Waals surface area contributed by atoms with E-state index >= 15 is 0 Å². The number of hydrogen-bond donors (Lipinski definition) is 4. The molecule has 14 fully saturated rings. The highest BCUT2D eigenvalue weighted by molar-refractivity contribution is 4.88. The molecule has 4 bridgehead atoms. The largest absolute Gasteiger partial charge is 0.376 e. The molecule has 9 heterocycles. The van der Waals surface area contributed by atoms with E-state index in [0.717, 1.165) is 121 Å². The van der Waals surface area contributed by atoms with Gasteiger partial charge >= 0.3 is 0 Å². The van der Waals surface area contributed by atoms with Crippen LogP contribution >= 0.6 is 0 Å². The van der Waals surface area contributed by atoms with E-state index in [-0.39, 0.29) is 59.4 Å². The first-order valence-corrected chi connectivity index (χ1v) is 35.2. The molecule has 0 aromatic carbocycles. The Balaban J connectivity index is -0.000000205. The molecule has 5 saturated carbocycles. The van der Waals surface area contributed by atoms with Gasteiger partial charge in [-0.25, -0.2) is 0 Å². The van der Waals surface area contributed by atoms with Crippen molar-refractivity contribution in [2.45, 2.75) is 342 Å². The van der Waals surface area contributed by atoms with Gasteiger partial charge in [-0.1, -0.05) is 252 Å². The average Bonchev–Trinajstić information content (AvgIpc) is 3.48. The van der Waals surface area contributed by atoms with Crippen LogP contribution in [0.5, 0.6) is 0 Å². The minimum Gasteiger partial charge on any atom is -0.376 e. The van der Waals surface area contributed by atoms with Gasteiger partial charge in [-0.15, -0.1) is 0 Å². The molecule has 4 N–H and O–H groups in total. The van der Waals surface area contributed by atoms with Gasteiger partial charge in [-0.05, 0) is 213 Å². The van der Waals surface area contributed by atoms with Crippen molar-refractivity contribution in [3.05, 3.63) is 0 Å². The average molecular weight is 1230 g/mol. The fourth-order valence-corrected chi connectivity index (χ4v) is 14.5. The normalized spacial score (nSPS) is 36.0. The molecule has 9 aliphatic heterocycles. The van der Waals surface area contributed by atoms with Crippen LogP contribution in [0.15, 0.2) is 0 Å². The van der Waals surface area contributed by atoms with Gasteiger partial charge in [0, 0.05) is 38.8 Å². The molecule has 0 amide bonds. The van der Waals surface area contributed by atoms with Crippen molar-refractivity contribution in [1.29, 1.82) is 0 Å². The number of piperidine rings is 7. The van der Waals surface area contributed by atoms with E-state index in [4.69, 9.17) is 4.74 Å². The van der Waals surface area contributed by atoms with Crippen LogP contribution in [-0.2, 0) is 4.74 Å². The van der Waals surface area contributed by atoms with Crippen LogP contribution in [-0.4, -0.2) is 114 Å². The molecule has 528 valence electrons. The molecule has 0 aromatic rings. The summed E-state index contributed by atoms with van der Waals surface area (Å²) in [6.07, 6.45) is 38.4. The lowest BCUT2D eigenvalue weighted by atomic mass is 9.74. The maximum atomic E-state index is 5.22. The van der Waals surface area contributed by atoms with Crippen molar-refractivity contribution < 1.29 is 4.74 Å². The molecule has 14 rings (SSSR count). The Morgan fingerprint density at radius 3 is 0.895 bits per heavy atom. The lowest BCUT2D eigenvalue weighted by Crippen LogP contribution is -2.46. The van der Waals surface area contributed by atoms with Crippen LogP contribution in [0.1, 0.15) is 330 Å². The lowest BCUT2D eigenvalue weighted by Gasteiger charge is -2.46. The smallest absolute Gasteiger partial charge is 0.0672 e. The molecule has 0 aromatic heterocycles. The highest BCUT2D eigenvalue weighted by Gasteiger charge is 2.35. The second-order valence-electron chi connectivity index (χ2n) is 30.4. The number of nitrogens with zero attached hydrogens (tertiary/aromatic N) is 2. The highest BCUT2D eigenvalue weighted by atomic mass is 16.5. The summed E-state index contributed by atoms with van der Waals surface area (Å²) in [5.41, 5.74) is 0.745. The summed E-state index contributed by atoms with van der Waals surface area (Å²) in [5, 5.41) is 13.3. The standard InChI is InChI=1S/2C8H15N.3C8H16.2C7H14.C6H14N2.C6H13N.C5H11NO.8CH4/c1-8-2-5-9(6-3-8)7-4-8;1-7-6-9-4-2-8(7)3-5-9;2*1-7-3-5-8(2)6-4-7;1-7-4-3-5-8(2)6-7;2*1-6-3-4-7(2)5-6;1-6-4-7-2-3-8-5-6;1-6-4-2-3-5-7-6;1-5-4-6-2-3-7-5;;;;;;;;/h2-7H2,1H3;7-8H,2-6H2,1H3;3*7-8H,3-6H2,1-2H3;2*6-7H,3-5H2,1-2H3;6-8H,2-5H2,1H3;6-7H,2-5H2,1H3;5-6H,2-4H2,1H3;8*1H4. The maximum Gasteiger partial charge on any atom is 0.0672 e. The van der Waals surface area contributed by atoms with Crippen LogP contribution in [0.4, 0.5) is 0 Å². The summed E-state index contributed by atoms with van der Waals surface area (Å²) < 4.78 is 5.22. The predicted octanol–water partition coefficient (Wildman–Crippen LogP) is 22.3. The third-order valence-electron chi connectivity index (χ3n) is 20.9. The molecule has 86 heavy (non-hydrogen) atoms. The maximum absolute atomic E-state index is 5.22.